The Morgan fingerprint density at radius 2 is 2.12 bits per heavy atom. The van der Waals surface area contributed by atoms with Gasteiger partial charge in [-0.15, -0.1) is 12.4 Å². The summed E-state index contributed by atoms with van der Waals surface area (Å²) in [6.45, 7) is 6.08. The van der Waals surface area contributed by atoms with E-state index in [-0.39, 0.29) is 24.6 Å². The zero-order chi connectivity index (χ0) is 11.3. The van der Waals surface area contributed by atoms with Gasteiger partial charge in [0.15, 0.2) is 0 Å². The Labute approximate surface area is 104 Å². The van der Waals surface area contributed by atoms with Gasteiger partial charge < -0.3 is 10.5 Å². The number of aromatic nitrogens is 1. The maximum absolute atomic E-state index is 5.92. The van der Waals surface area contributed by atoms with Gasteiger partial charge in [0, 0.05) is 17.8 Å². The first-order valence-corrected chi connectivity index (χ1v) is 5.49. The molecule has 0 aliphatic carbocycles. The highest BCUT2D eigenvalue weighted by Crippen LogP contribution is 2.17. The molecule has 0 amide bonds. The summed E-state index contributed by atoms with van der Waals surface area (Å²) in [6, 6.07) is 4.13. The molecule has 0 saturated carbocycles. The summed E-state index contributed by atoms with van der Waals surface area (Å²) in [5.74, 6) is 0.719. The average Bonchev–Trinajstić information content (AvgIpc) is 2.20. The minimum Gasteiger partial charge on any atom is -0.475 e. The number of nitrogens with two attached hydrogens (primary N) is 1. The first-order chi connectivity index (χ1) is 7.13. The largest absolute Gasteiger partial charge is 0.475 e. The van der Waals surface area contributed by atoms with E-state index in [1.165, 1.54) is 0 Å². The molecule has 1 unspecified atom stereocenters. The van der Waals surface area contributed by atoms with Gasteiger partial charge in [-0.05, 0) is 32.8 Å². The smallest absolute Gasteiger partial charge is 0.216 e. The Kier molecular flexibility index (Phi) is 7.10. The van der Waals surface area contributed by atoms with Crippen LogP contribution in [-0.4, -0.2) is 17.1 Å². The normalized spacial score (nSPS) is 12.1. The van der Waals surface area contributed by atoms with Crippen molar-refractivity contribution in [2.75, 3.05) is 0 Å². The fraction of sp³-hybridized carbons (Fsp3) is 0.583. The van der Waals surface area contributed by atoms with Crippen LogP contribution in [0.25, 0.3) is 0 Å². The molecule has 1 atom stereocenters. The van der Waals surface area contributed by atoms with Crippen molar-refractivity contribution < 1.29 is 4.74 Å². The third kappa shape index (κ3) is 4.81. The summed E-state index contributed by atoms with van der Waals surface area (Å²) >= 11 is 0. The molecule has 0 aromatic carbocycles. The van der Waals surface area contributed by atoms with Gasteiger partial charge in [-0.25, -0.2) is 4.98 Å². The van der Waals surface area contributed by atoms with Gasteiger partial charge in [-0.2, -0.15) is 0 Å². The molecule has 1 aromatic rings. The van der Waals surface area contributed by atoms with E-state index >= 15 is 0 Å². The lowest BCUT2D eigenvalue weighted by atomic mass is 10.1. The number of halogens is 1. The summed E-state index contributed by atoms with van der Waals surface area (Å²) in [5, 5.41) is 0. The minimum atomic E-state index is 0. The lowest BCUT2D eigenvalue weighted by molar-refractivity contribution is 0.229. The lowest BCUT2D eigenvalue weighted by Gasteiger charge is -2.14. The van der Waals surface area contributed by atoms with Crippen LogP contribution in [-0.2, 0) is 6.42 Å². The van der Waals surface area contributed by atoms with Crippen molar-refractivity contribution in [2.24, 2.45) is 5.73 Å². The van der Waals surface area contributed by atoms with E-state index in [2.05, 4.69) is 11.9 Å². The first-order valence-electron chi connectivity index (χ1n) is 5.49. The number of ether oxygens (including phenoxy) is 1. The molecule has 1 heterocycles. The van der Waals surface area contributed by atoms with Gasteiger partial charge in [0.2, 0.25) is 5.88 Å². The fourth-order valence-electron chi connectivity index (χ4n) is 1.34. The molecule has 0 bridgehead atoms. The summed E-state index contributed by atoms with van der Waals surface area (Å²) < 4.78 is 5.62. The van der Waals surface area contributed by atoms with Gasteiger partial charge in [0.25, 0.3) is 0 Å². The predicted octanol–water partition coefficient (Wildman–Crippen LogP) is 2.57. The Hall–Kier alpha value is -0.800. The van der Waals surface area contributed by atoms with Crippen molar-refractivity contribution in [1.82, 2.24) is 4.98 Å². The van der Waals surface area contributed by atoms with E-state index < -0.39 is 0 Å². The first kappa shape index (κ1) is 15.2. The SMILES string of the molecule is CCC(N)Cc1cccnc1OC(C)C.Cl. The van der Waals surface area contributed by atoms with Crippen LogP contribution in [0.4, 0.5) is 0 Å². The Morgan fingerprint density at radius 1 is 1.44 bits per heavy atom. The highest BCUT2D eigenvalue weighted by Gasteiger charge is 2.09. The van der Waals surface area contributed by atoms with Crippen molar-refractivity contribution >= 4 is 12.4 Å². The van der Waals surface area contributed by atoms with Gasteiger partial charge >= 0.3 is 0 Å². The maximum Gasteiger partial charge on any atom is 0.216 e. The van der Waals surface area contributed by atoms with Crippen LogP contribution in [0.1, 0.15) is 32.8 Å². The molecule has 3 nitrogen and oxygen atoms in total. The van der Waals surface area contributed by atoms with E-state index in [0.717, 1.165) is 24.3 Å². The monoisotopic (exact) mass is 244 g/mol. The number of pyridine rings is 1. The molecule has 0 aliphatic heterocycles. The van der Waals surface area contributed by atoms with Crippen molar-refractivity contribution in [3.8, 4) is 5.88 Å². The molecule has 0 aliphatic rings. The second-order valence-corrected chi connectivity index (χ2v) is 4.01. The Morgan fingerprint density at radius 3 is 2.69 bits per heavy atom. The van der Waals surface area contributed by atoms with E-state index in [4.69, 9.17) is 10.5 Å². The van der Waals surface area contributed by atoms with E-state index in [1.54, 1.807) is 6.20 Å². The molecule has 16 heavy (non-hydrogen) atoms. The molecule has 0 saturated heterocycles. The molecule has 4 heteroatoms. The molecule has 2 N–H and O–H groups in total. The van der Waals surface area contributed by atoms with Crippen LogP contribution < -0.4 is 10.5 Å². The van der Waals surface area contributed by atoms with Gasteiger partial charge in [-0.3, -0.25) is 0 Å². The molecule has 1 rings (SSSR count). The van der Waals surface area contributed by atoms with Gasteiger partial charge in [0.1, 0.15) is 0 Å². The second-order valence-electron chi connectivity index (χ2n) is 4.01. The van der Waals surface area contributed by atoms with E-state index in [0.29, 0.717) is 0 Å². The third-order valence-corrected chi connectivity index (χ3v) is 2.20. The van der Waals surface area contributed by atoms with Crippen LogP contribution >= 0.6 is 12.4 Å². The summed E-state index contributed by atoms with van der Waals surface area (Å²) in [7, 11) is 0. The van der Waals surface area contributed by atoms with Crippen molar-refractivity contribution in [3.63, 3.8) is 0 Å². The molecular formula is C12H21ClN2O. The fourth-order valence-corrected chi connectivity index (χ4v) is 1.34. The van der Waals surface area contributed by atoms with Crippen LogP contribution in [0.5, 0.6) is 5.88 Å². The molecule has 0 radical (unpaired) electrons. The molecule has 1 aromatic heterocycles. The quantitative estimate of drug-likeness (QED) is 0.866. The number of hydrogen-bond donors (Lipinski definition) is 1. The summed E-state index contributed by atoms with van der Waals surface area (Å²) in [5.41, 5.74) is 7.02. The molecule has 92 valence electrons. The van der Waals surface area contributed by atoms with Gasteiger partial charge in [0.05, 0.1) is 6.10 Å². The van der Waals surface area contributed by atoms with E-state index in [9.17, 15) is 0 Å². The highest BCUT2D eigenvalue weighted by molar-refractivity contribution is 5.85. The zero-order valence-electron chi connectivity index (χ0n) is 10.1. The number of hydrogen-bond acceptors (Lipinski definition) is 3. The standard InChI is InChI=1S/C12H20N2O.ClH/c1-4-11(13)8-10-6-5-7-14-12(10)15-9(2)3;/h5-7,9,11H,4,8,13H2,1-3H3;1H. The van der Waals surface area contributed by atoms with E-state index in [1.807, 2.05) is 26.0 Å². The van der Waals surface area contributed by atoms with Crippen molar-refractivity contribution in [1.29, 1.82) is 0 Å². The van der Waals surface area contributed by atoms with Crippen LogP contribution in [0.15, 0.2) is 18.3 Å². The zero-order valence-corrected chi connectivity index (χ0v) is 11.0. The minimum absolute atomic E-state index is 0. The number of nitrogens with zero attached hydrogens (tertiary/aromatic N) is 1. The second kappa shape index (κ2) is 7.47. The van der Waals surface area contributed by atoms with Crippen LogP contribution in [0.2, 0.25) is 0 Å². The summed E-state index contributed by atoms with van der Waals surface area (Å²) in [6.07, 6.45) is 3.69. The third-order valence-electron chi connectivity index (χ3n) is 2.20. The predicted molar refractivity (Wildman–Crippen MR) is 69.2 cm³/mol. The van der Waals surface area contributed by atoms with Crippen LogP contribution in [0.3, 0.4) is 0 Å². The number of rotatable bonds is 5. The highest BCUT2D eigenvalue weighted by atomic mass is 35.5. The Bertz CT molecular complexity index is 305. The summed E-state index contributed by atoms with van der Waals surface area (Å²) in [4.78, 5) is 4.23. The lowest BCUT2D eigenvalue weighted by Crippen LogP contribution is -2.22. The molecule has 0 fully saturated rings. The molecular weight excluding hydrogens is 224 g/mol. The average molecular weight is 245 g/mol. The van der Waals surface area contributed by atoms with Crippen molar-refractivity contribution in [2.45, 2.75) is 45.8 Å². The van der Waals surface area contributed by atoms with Crippen LogP contribution in [0, 0.1) is 0 Å². The topological polar surface area (TPSA) is 48.1 Å². The molecule has 0 spiro atoms. The maximum atomic E-state index is 5.92. The van der Waals surface area contributed by atoms with Gasteiger partial charge in [-0.1, -0.05) is 13.0 Å². The Balaban J connectivity index is 0.00000225. The van der Waals surface area contributed by atoms with Crippen molar-refractivity contribution in [3.05, 3.63) is 23.9 Å².